The molecule has 0 unspecified atom stereocenters. The number of aromatic nitrogens is 1. The van der Waals surface area contributed by atoms with E-state index < -0.39 is 14.8 Å². The lowest BCUT2D eigenvalue weighted by atomic mass is 10.1. The zero-order valence-electron chi connectivity index (χ0n) is 10.2. The van der Waals surface area contributed by atoms with Crippen molar-refractivity contribution in [3.05, 3.63) is 42.4 Å². The number of rotatable bonds is 4. The number of primary sulfonamides is 1. The van der Waals surface area contributed by atoms with E-state index in [9.17, 15) is 8.42 Å². The van der Waals surface area contributed by atoms with Gasteiger partial charge in [0.15, 0.2) is 12.2 Å². The maximum Gasteiger partial charge on any atom is 0.215 e. The third kappa shape index (κ3) is 2.17. The Morgan fingerprint density at radius 1 is 1.26 bits per heavy atom. The molecule has 19 heavy (non-hydrogen) atoms. The van der Waals surface area contributed by atoms with Crippen molar-refractivity contribution < 1.29 is 12.8 Å². The molecule has 3 rings (SSSR count). The number of nitrogens with zero attached hydrogens (tertiary/aromatic N) is 1. The molecule has 1 aromatic carbocycles. The topological polar surface area (TPSA) is 86.2 Å². The van der Waals surface area contributed by atoms with Crippen LogP contribution in [0.1, 0.15) is 18.5 Å². The third-order valence-electron chi connectivity index (χ3n) is 3.58. The fourth-order valence-electron chi connectivity index (χ4n) is 2.23. The second-order valence-electron chi connectivity index (χ2n) is 4.90. The molecule has 1 fully saturated rings. The van der Waals surface area contributed by atoms with Crippen LogP contribution in [0.15, 0.2) is 41.1 Å². The Labute approximate surface area is 111 Å². The van der Waals surface area contributed by atoms with Crippen molar-refractivity contribution in [2.45, 2.75) is 24.0 Å². The Balaban J connectivity index is 1.95. The first-order valence-electron chi connectivity index (χ1n) is 6.02. The maximum absolute atomic E-state index is 11.6. The smallest absolute Gasteiger partial charge is 0.215 e. The number of sulfonamides is 1. The van der Waals surface area contributed by atoms with Crippen molar-refractivity contribution in [3.63, 3.8) is 0 Å². The highest BCUT2D eigenvalue weighted by Crippen LogP contribution is 2.45. The molecule has 1 aliphatic carbocycles. The summed E-state index contributed by atoms with van der Waals surface area (Å²) in [5, 5.41) is 5.29. The fraction of sp³-hybridized carbons (Fsp3) is 0.308. The van der Waals surface area contributed by atoms with E-state index in [0.717, 1.165) is 5.56 Å². The summed E-state index contributed by atoms with van der Waals surface area (Å²) in [6.45, 7) is 0. The number of benzene rings is 1. The lowest BCUT2D eigenvalue weighted by Gasteiger charge is -2.11. The molecule has 1 heterocycles. The summed E-state index contributed by atoms with van der Waals surface area (Å²) in [7, 11) is -3.55. The first kappa shape index (κ1) is 12.4. The van der Waals surface area contributed by atoms with Gasteiger partial charge in [0.25, 0.3) is 0 Å². The average Bonchev–Trinajstić information content (AvgIpc) is 3.02. The molecule has 0 bridgehead atoms. The SMILES string of the molecule is NS(=O)(=O)C1(Cc2ncoc2-c2ccccc2)CC1. The second-order valence-corrected chi connectivity index (χ2v) is 6.86. The largest absolute Gasteiger partial charge is 0.443 e. The van der Waals surface area contributed by atoms with Gasteiger partial charge in [-0.05, 0) is 12.8 Å². The summed E-state index contributed by atoms with van der Waals surface area (Å²) in [4.78, 5) is 4.14. The van der Waals surface area contributed by atoms with Crippen molar-refractivity contribution in [1.29, 1.82) is 0 Å². The summed E-state index contributed by atoms with van der Waals surface area (Å²) < 4.78 is 27.8. The Bertz CT molecular complexity index is 688. The fourth-order valence-corrected chi connectivity index (χ4v) is 3.23. The van der Waals surface area contributed by atoms with Crippen molar-refractivity contribution in [3.8, 4) is 11.3 Å². The Kier molecular flexibility index (Phi) is 2.72. The summed E-state index contributed by atoms with van der Waals surface area (Å²) in [6, 6.07) is 9.51. The van der Waals surface area contributed by atoms with Crippen LogP contribution in [0.5, 0.6) is 0 Å². The van der Waals surface area contributed by atoms with Gasteiger partial charge in [-0.2, -0.15) is 0 Å². The normalized spacial score (nSPS) is 17.3. The molecule has 0 spiro atoms. The number of hydrogen-bond acceptors (Lipinski definition) is 4. The minimum absolute atomic E-state index is 0.312. The van der Waals surface area contributed by atoms with E-state index in [0.29, 0.717) is 30.7 Å². The van der Waals surface area contributed by atoms with Gasteiger partial charge in [-0.1, -0.05) is 30.3 Å². The van der Waals surface area contributed by atoms with Crippen LogP contribution >= 0.6 is 0 Å². The van der Waals surface area contributed by atoms with Gasteiger partial charge in [-0.25, -0.2) is 18.5 Å². The quantitative estimate of drug-likeness (QED) is 0.922. The van der Waals surface area contributed by atoms with Gasteiger partial charge < -0.3 is 4.42 Å². The van der Waals surface area contributed by atoms with Crippen LogP contribution < -0.4 is 5.14 Å². The molecule has 5 nitrogen and oxygen atoms in total. The highest BCUT2D eigenvalue weighted by Gasteiger charge is 2.53. The van der Waals surface area contributed by atoms with Crippen molar-refractivity contribution in [2.24, 2.45) is 5.14 Å². The zero-order chi connectivity index (χ0) is 13.5. The van der Waals surface area contributed by atoms with Gasteiger partial charge >= 0.3 is 0 Å². The van der Waals surface area contributed by atoms with Crippen LogP contribution in [0.4, 0.5) is 0 Å². The van der Waals surface area contributed by atoms with Crippen molar-refractivity contribution >= 4 is 10.0 Å². The standard InChI is InChI=1S/C13H14N2O3S/c14-19(16,17)13(6-7-13)8-11-12(18-9-15-11)10-4-2-1-3-5-10/h1-5,9H,6-8H2,(H2,14,16,17). The Hall–Kier alpha value is -1.66. The molecular weight excluding hydrogens is 264 g/mol. The van der Waals surface area contributed by atoms with Crippen LogP contribution in [0, 0.1) is 0 Å². The van der Waals surface area contributed by atoms with E-state index in [1.54, 1.807) is 0 Å². The number of oxazole rings is 1. The first-order valence-corrected chi connectivity index (χ1v) is 7.57. The number of nitrogens with two attached hydrogens (primary N) is 1. The highest BCUT2D eigenvalue weighted by molar-refractivity contribution is 7.90. The van der Waals surface area contributed by atoms with Crippen LogP contribution in [0.25, 0.3) is 11.3 Å². The Morgan fingerprint density at radius 2 is 1.95 bits per heavy atom. The number of hydrogen-bond donors (Lipinski definition) is 1. The van der Waals surface area contributed by atoms with Gasteiger partial charge in [0.1, 0.15) is 0 Å². The van der Waals surface area contributed by atoms with Gasteiger partial charge in [0.05, 0.1) is 10.4 Å². The lowest BCUT2D eigenvalue weighted by Crippen LogP contribution is -2.32. The van der Waals surface area contributed by atoms with E-state index in [1.807, 2.05) is 30.3 Å². The zero-order valence-corrected chi connectivity index (χ0v) is 11.1. The molecule has 0 aliphatic heterocycles. The van der Waals surface area contributed by atoms with E-state index in [4.69, 9.17) is 9.56 Å². The van der Waals surface area contributed by atoms with E-state index in [2.05, 4.69) is 4.98 Å². The molecule has 1 saturated carbocycles. The van der Waals surface area contributed by atoms with Gasteiger partial charge in [0, 0.05) is 12.0 Å². The van der Waals surface area contributed by atoms with E-state index in [-0.39, 0.29) is 0 Å². The lowest BCUT2D eigenvalue weighted by molar-refractivity contribution is 0.568. The molecule has 2 N–H and O–H groups in total. The maximum atomic E-state index is 11.6. The molecule has 0 radical (unpaired) electrons. The summed E-state index contributed by atoms with van der Waals surface area (Å²) in [6.07, 6.45) is 2.84. The first-order chi connectivity index (χ1) is 9.02. The minimum atomic E-state index is -3.55. The Morgan fingerprint density at radius 3 is 2.53 bits per heavy atom. The minimum Gasteiger partial charge on any atom is -0.443 e. The molecule has 0 amide bonds. The van der Waals surface area contributed by atoms with Gasteiger partial charge in [0.2, 0.25) is 10.0 Å². The van der Waals surface area contributed by atoms with Crippen LogP contribution in [0.2, 0.25) is 0 Å². The van der Waals surface area contributed by atoms with Gasteiger partial charge in [-0.3, -0.25) is 0 Å². The monoisotopic (exact) mass is 278 g/mol. The molecule has 6 heteroatoms. The average molecular weight is 278 g/mol. The van der Waals surface area contributed by atoms with E-state index in [1.165, 1.54) is 6.39 Å². The molecule has 0 atom stereocenters. The van der Waals surface area contributed by atoms with Crippen molar-refractivity contribution in [1.82, 2.24) is 4.98 Å². The predicted molar refractivity (Wildman–Crippen MR) is 70.7 cm³/mol. The summed E-state index contributed by atoms with van der Waals surface area (Å²) >= 11 is 0. The molecule has 1 aliphatic rings. The molecular formula is C13H14N2O3S. The molecule has 2 aromatic rings. The van der Waals surface area contributed by atoms with Gasteiger partial charge in [-0.15, -0.1) is 0 Å². The molecule has 1 aromatic heterocycles. The third-order valence-corrected chi connectivity index (χ3v) is 5.34. The second kappa shape index (κ2) is 4.18. The van der Waals surface area contributed by atoms with Crippen LogP contribution in [-0.4, -0.2) is 18.1 Å². The predicted octanol–water partition coefficient (Wildman–Crippen LogP) is 1.71. The van der Waals surface area contributed by atoms with Crippen LogP contribution in [-0.2, 0) is 16.4 Å². The molecule has 0 saturated heterocycles. The van der Waals surface area contributed by atoms with Crippen molar-refractivity contribution in [2.75, 3.05) is 0 Å². The summed E-state index contributed by atoms with van der Waals surface area (Å²) in [5.41, 5.74) is 1.54. The highest BCUT2D eigenvalue weighted by atomic mass is 32.2. The summed E-state index contributed by atoms with van der Waals surface area (Å²) in [5.74, 6) is 0.621. The van der Waals surface area contributed by atoms with Crippen LogP contribution in [0.3, 0.4) is 0 Å². The van der Waals surface area contributed by atoms with E-state index >= 15 is 0 Å². The molecule has 100 valence electrons.